The largest absolute Gasteiger partial charge is 0.380 e. The van der Waals surface area contributed by atoms with Gasteiger partial charge in [-0.05, 0) is 50.0 Å². The van der Waals surface area contributed by atoms with Crippen LogP contribution in [0.15, 0.2) is 48.5 Å². The minimum absolute atomic E-state index is 0.00112. The maximum absolute atomic E-state index is 14.5. The predicted octanol–water partition coefficient (Wildman–Crippen LogP) is 4.97. The Morgan fingerprint density at radius 3 is 2.71 bits per heavy atom. The average Bonchev–Trinajstić information content (AvgIpc) is 2.99. The quantitative estimate of drug-likeness (QED) is 0.520. The minimum atomic E-state index is -0.291. The first-order chi connectivity index (χ1) is 15.2. The Kier molecular flexibility index (Phi) is 7.33. The second kappa shape index (κ2) is 10.4. The molecule has 4 nitrogen and oxygen atoms in total. The fourth-order valence-electron chi connectivity index (χ4n) is 4.31. The number of methoxy groups -OCH3 is 1. The third-order valence-corrected chi connectivity index (χ3v) is 7.09. The second-order valence-electron chi connectivity index (χ2n) is 8.03. The summed E-state index contributed by atoms with van der Waals surface area (Å²) >= 11 is 1.37. The van der Waals surface area contributed by atoms with Gasteiger partial charge in [-0.25, -0.2) is 4.39 Å². The molecule has 2 aromatic carbocycles. The van der Waals surface area contributed by atoms with E-state index in [9.17, 15) is 9.18 Å². The number of hydrogen-bond donors (Lipinski definition) is 0. The zero-order valence-electron chi connectivity index (χ0n) is 18.0. The standard InChI is InChI=1S/C25H29FN2O2S/c1-30-18-20-23-21(26)11-5-12-22(23)31-24(20)25(29)28-15-7-14-27(16-17-28)13-6-10-19-8-3-2-4-9-19/h2-5,8-9,11-12H,6-7,10,13-18H2,1H3. The van der Waals surface area contributed by atoms with Crippen LogP contribution in [-0.4, -0.2) is 55.5 Å². The van der Waals surface area contributed by atoms with Crippen molar-refractivity contribution in [1.82, 2.24) is 9.80 Å². The van der Waals surface area contributed by atoms with Gasteiger partial charge in [0.25, 0.3) is 5.91 Å². The number of benzene rings is 2. The summed E-state index contributed by atoms with van der Waals surface area (Å²) in [6.45, 7) is 4.59. The van der Waals surface area contributed by atoms with E-state index < -0.39 is 0 Å². The molecule has 2 heterocycles. The number of carbonyl (C=O) groups is 1. The number of rotatable bonds is 7. The van der Waals surface area contributed by atoms with E-state index in [0.717, 1.165) is 50.1 Å². The Labute approximate surface area is 187 Å². The topological polar surface area (TPSA) is 32.8 Å². The van der Waals surface area contributed by atoms with Crippen LogP contribution in [-0.2, 0) is 17.8 Å². The molecule has 0 radical (unpaired) electrons. The van der Waals surface area contributed by atoms with Crippen LogP contribution in [0, 0.1) is 5.82 Å². The van der Waals surface area contributed by atoms with Crippen LogP contribution < -0.4 is 0 Å². The summed E-state index contributed by atoms with van der Waals surface area (Å²) in [7, 11) is 1.58. The zero-order chi connectivity index (χ0) is 21.6. The van der Waals surface area contributed by atoms with Gasteiger partial charge in [0.1, 0.15) is 5.82 Å². The summed E-state index contributed by atoms with van der Waals surface area (Å²) in [6, 6.07) is 15.6. The van der Waals surface area contributed by atoms with E-state index in [4.69, 9.17) is 4.74 Å². The molecular formula is C25H29FN2O2S. The lowest BCUT2D eigenvalue weighted by molar-refractivity contribution is 0.0762. The van der Waals surface area contributed by atoms with Crippen molar-refractivity contribution < 1.29 is 13.9 Å². The monoisotopic (exact) mass is 440 g/mol. The first-order valence-corrected chi connectivity index (χ1v) is 11.7. The lowest BCUT2D eigenvalue weighted by Crippen LogP contribution is -2.35. The molecule has 31 heavy (non-hydrogen) atoms. The van der Waals surface area contributed by atoms with Crippen molar-refractivity contribution >= 4 is 27.3 Å². The van der Waals surface area contributed by atoms with Crippen LogP contribution in [0.1, 0.15) is 33.6 Å². The predicted molar refractivity (Wildman–Crippen MR) is 124 cm³/mol. The maximum atomic E-state index is 14.5. The molecule has 0 unspecified atom stereocenters. The van der Waals surface area contributed by atoms with Crippen LogP contribution in [0.5, 0.6) is 0 Å². The van der Waals surface area contributed by atoms with Crippen molar-refractivity contribution in [1.29, 1.82) is 0 Å². The van der Waals surface area contributed by atoms with E-state index in [0.29, 0.717) is 22.4 Å². The van der Waals surface area contributed by atoms with Crippen LogP contribution in [0.3, 0.4) is 0 Å². The Bertz CT molecular complexity index is 1020. The number of nitrogens with zero attached hydrogens (tertiary/aromatic N) is 2. The Hall–Kier alpha value is -2.28. The fraction of sp³-hybridized carbons (Fsp3) is 0.400. The van der Waals surface area contributed by atoms with Crippen LogP contribution in [0.4, 0.5) is 4.39 Å². The number of thiophene rings is 1. The maximum Gasteiger partial charge on any atom is 0.264 e. The Balaban J connectivity index is 1.41. The highest BCUT2D eigenvalue weighted by atomic mass is 32.1. The van der Waals surface area contributed by atoms with Gasteiger partial charge in [-0.15, -0.1) is 11.3 Å². The molecule has 0 saturated carbocycles. The lowest BCUT2D eigenvalue weighted by atomic mass is 10.1. The number of fused-ring (bicyclic) bond motifs is 1. The van der Waals surface area contributed by atoms with E-state index in [-0.39, 0.29) is 18.3 Å². The lowest BCUT2D eigenvalue weighted by Gasteiger charge is -2.22. The van der Waals surface area contributed by atoms with Crippen LogP contribution in [0.2, 0.25) is 0 Å². The van der Waals surface area contributed by atoms with E-state index in [1.807, 2.05) is 17.0 Å². The number of ether oxygens (including phenoxy) is 1. The zero-order valence-corrected chi connectivity index (χ0v) is 18.8. The summed E-state index contributed by atoms with van der Waals surface area (Å²) in [5.41, 5.74) is 2.05. The van der Waals surface area contributed by atoms with Crippen molar-refractivity contribution in [2.75, 3.05) is 39.8 Å². The van der Waals surface area contributed by atoms with Gasteiger partial charge in [-0.3, -0.25) is 4.79 Å². The molecule has 0 N–H and O–H groups in total. The van der Waals surface area contributed by atoms with Gasteiger partial charge < -0.3 is 14.5 Å². The van der Waals surface area contributed by atoms with Crippen molar-refractivity contribution in [2.45, 2.75) is 25.9 Å². The smallest absolute Gasteiger partial charge is 0.264 e. The average molecular weight is 441 g/mol. The Morgan fingerprint density at radius 1 is 1.06 bits per heavy atom. The SMILES string of the molecule is COCc1c(C(=O)N2CCCN(CCCc3ccccc3)CC2)sc2cccc(F)c12. The van der Waals surface area contributed by atoms with Gasteiger partial charge in [-0.1, -0.05) is 36.4 Å². The third kappa shape index (κ3) is 5.14. The first-order valence-electron chi connectivity index (χ1n) is 10.9. The molecule has 6 heteroatoms. The van der Waals surface area contributed by atoms with Gasteiger partial charge in [0.05, 0.1) is 11.5 Å². The van der Waals surface area contributed by atoms with Gasteiger partial charge >= 0.3 is 0 Å². The van der Waals surface area contributed by atoms with E-state index >= 15 is 0 Å². The number of hydrogen-bond acceptors (Lipinski definition) is 4. The first kappa shape index (κ1) is 21.9. The molecule has 1 saturated heterocycles. The number of carbonyl (C=O) groups excluding carboxylic acids is 1. The Morgan fingerprint density at radius 2 is 1.90 bits per heavy atom. The van der Waals surface area contributed by atoms with E-state index in [2.05, 4.69) is 29.2 Å². The van der Waals surface area contributed by atoms with Gasteiger partial charge in [0, 0.05) is 42.4 Å². The molecule has 0 spiro atoms. The summed E-state index contributed by atoms with van der Waals surface area (Å²) < 4.78 is 20.6. The number of halogens is 1. The number of aryl methyl sites for hydroxylation is 1. The summed E-state index contributed by atoms with van der Waals surface area (Å²) in [6.07, 6.45) is 3.15. The molecule has 3 aromatic rings. The second-order valence-corrected chi connectivity index (χ2v) is 9.08. The van der Waals surface area contributed by atoms with Crippen molar-refractivity contribution in [2.24, 2.45) is 0 Å². The molecule has 164 valence electrons. The highest BCUT2D eigenvalue weighted by molar-refractivity contribution is 7.21. The summed E-state index contributed by atoms with van der Waals surface area (Å²) in [4.78, 5) is 18.4. The molecule has 1 aliphatic heterocycles. The van der Waals surface area contributed by atoms with Crippen molar-refractivity contribution in [3.8, 4) is 0 Å². The highest BCUT2D eigenvalue weighted by Crippen LogP contribution is 2.34. The van der Waals surface area contributed by atoms with Gasteiger partial charge in [0.15, 0.2) is 0 Å². The molecule has 0 aliphatic carbocycles. The molecule has 1 aliphatic rings. The van der Waals surface area contributed by atoms with Crippen molar-refractivity contribution in [3.05, 3.63) is 70.4 Å². The van der Waals surface area contributed by atoms with Gasteiger partial charge in [-0.2, -0.15) is 0 Å². The molecule has 0 bridgehead atoms. The van der Waals surface area contributed by atoms with Crippen LogP contribution in [0.25, 0.3) is 10.1 Å². The van der Waals surface area contributed by atoms with Crippen LogP contribution >= 0.6 is 11.3 Å². The molecular weight excluding hydrogens is 411 g/mol. The molecule has 1 fully saturated rings. The molecule has 1 amide bonds. The summed E-state index contributed by atoms with van der Waals surface area (Å²) in [5.74, 6) is -0.293. The molecule has 0 atom stereocenters. The van der Waals surface area contributed by atoms with Crippen molar-refractivity contribution in [3.63, 3.8) is 0 Å². The van der Waals surface area contributed by atoms with Gasteiger partial charge in [0.2, 0.25) is 0 Å². The van der Waals surface area contributed by atoms with E-state index in [1.54, 1.807) is 13.2 Å². The number of amides is 1. The molecule has 1 aromatic heterocycles. The summed E-state index contributed by atoms with van der Waals surface area (Å²) in [5, 5.41) is 0.523. The fourth-order valence-corrected chi connectivity index (χ4v) is 5.50. The minimum Gasteiger partial charge on any atom is -0.380 e. The third-order valence-electron chi connectivity index (χ3n) is 5.90. The normalized spacial score (nSPS) is 15.4. The highest BCUT2D eigenvalue weighted by Gasteiger charge is 2.26. The molecule has 4 rings (SSSR count). The van der Waals surface area contributed by atoms with E-state index in [1.165, 1.54) is 23.0 Å².